The van der Waals surface area contributed by atoms with Crippen LogP contribution in [0, 0.1) is 52.3 Å². The third-order valence-electron chi connectivity index (χ3n) is 13.4. The van der Waals surface area contributed by atoms with E-state index in [9.17, 15) is 5.11 Å². The second kappa shape index (κ2) is 8.65. The molecule has 4 saturated carbocycles. The molecule has 0 aromatic carbocycles. The number of aliphatic hydroxyl groups excluding tert-OH is 1. The normalized spacial score (nSPS) is 59.0. The maximum atomic E-state index is 11.8. The fourth-order valence-electron chi connectivity index (χ4n) is 12.0. The van der Waals surface area contributed by atoms with Crippen LogP contribution >= 0.6 is 0 Å². The number of methoxy groups -OCH3 is 1. The molecular formula is C31H54N2O3. The Kier molecular flexibility index (Phi) is 6.26. The molecule has 1 N–H and O–H groups in total. The van der Waals surface area contributed by atoms with Crippen LogP contribution in [0.1, 0.15) is 79.1 Å². The number of piperidine rings is 1. The number of likely N-dealkylation sites (N-methyl/N-ethyl adjacent to an activating group) is 1. The molecule has 0 aromatic rings. The maximum absolute atomic E-state index is 11.8. The lowest BCUT2D eigenvalue weighted by Gasteiger charge is -2.63. The third-order valence-corrected chi connectivity index (χ3v) is 13.4. The number of likely N-dealkylation sites (tertiary alicyclic amines) is 1. The monoisotopic (exact) mass is 502 g/mol. The number of ether oxygens (including phenoxy) is 2. The van der Waals surface area contributed by atoms with E-state index in [1.54, 1.807) is 0 Å². The first-order valence-corrected chi connectivity index (χ1v) is 15.2. The average Bonchev–Trinajstić information content (AvgIpc) is 3.10. The Hall–Kier alpha value is -0.200. The number of nitrogens with zero attached hydrogens (tertiary/aromatic N) is 2. The van der Waals surface area contributed by atoms with Crippen LogP contribution in [-0.2, 0) is 9.47 Å². The van der Waals surface area contributed by atoms with E-state index in [4.69, 9.17) is 9.47 Å². The quantitative estimate of drug-likeness (QED) is 0.583. The van der Waals surface area contributed by atoms with Gasteiger partial charge in [-0.15, -0.1) is 0 Å². The van der Waals surface area contributed by atoms with Crippen LogP contribution in [0.5, 0.6) is 0 Å². The molecule has 14 atom stereocenters. The Balaban J connectivity index is 1.32. The van der Waals surface area contributed by atoms with Crippen molar-refractivity contribution in [3.63, 3.8) is 0 Å². The van der Waals surface area contributed by atoms with Crippen LogP contribution in [0.25, 0.3) is 0 Å². The summed E-state index contributed by atoms with van der Waals surface area (Å²) in [6.45, 7) is 11.2. The van der Waals surface area contributed by atoms with E-state index in [1.165, 1.54) is 32.1 Å². The maximum Gasteiger partial charge on any atom is 0.184 e. The largest absolute Gasteiger partial charge is 0.393 e. The van der Waals surface area contributed by atoms with Gasteiger partial charge in [0.1, 0.15) is 0 Å². The molecule has 0 aromatic heterocycles. The molecule has 4 aliphatic carbocycles. The van der Waals surface area contributed by atoms with E-state index in [-0.39, 0.29) is 17.6 Å². The summed E-state index contributed by atoms with van der Waals surface area (Å²) in [4.78, 5) is 4.98. The van der Waals surface area contributed by atoms with Crippen molar-refractivity contribution >= 4 is 0 Å². The summed E-state index contributed by atoms with van der Waals surface area (Å²) >= 11 is 0. The fourth-order valence-corrected chi connectivity index (χ4v) is 12.0. The van der Waals surface area contributed by atoms with Gasteiger partial charge in [-0.05, 0) is 118 Å². The molecule has 0 spiro atoms. The van der Waals surface area contributed by atoms with Crippen molar-refractivity contribution in [3.05, 3.63) is 0 Å². The van der Waals surface area contributed by atoms with Crippen molar-refractivity contribution in [3.8, 4) is 0 Å². The summed E-state index contributed by atoms with van der Waals surface area (Å²) in [6.07, 6.45) is 9.70. The Bertz CT molecular complexity index is 852. The molecule has 6 rings (SSSR count). The molecule has 2 heterocycles. The summed E-state index contributed by atoms with van der Waals surface area (Å²) < 4.78 is 13.5. The van der Waals surface area contributed by atoms with E-state index in [2.05, 4.69) is 58.6 Å². The van der Waals surface area contributed by atoms with E-state index >= 15 is 0 Å². The summed E-state index contributed by atoms with van der Waals surface area (Å²) in [5.41, 5.74) is 0.634. The molecule has 6 fully saturated rings. The van der Waals surface area contributed by atoms with E-state index < -0.39 is 5.79 Å². The van der Waals surface area contributed by atoms with Gasteiger partial charge < -0.3 is 19.5 Å². The van der Waals surface area contributed by atoms with Crippen LogP contribution in [0.4, 0.5) is 0 Å². The summed E-state index contributed by atoms with van der Waals surface area (Å²) in [5.74, 6) is 3.49. The predicted molar refractivity (Wildman–Crippen MR) is 143 cm³/mol. The molecule has 5 nitrogen and oxygen atoms in total. The molecule has 5 heteroatoms. The first-order chi connectivity index (χ1) is 16.9. The molecule has 206 valence electrons. The lowest BCUT2D eigenvalue weighted by Crippen LogP contribution is -2.69. The zero-order chi connectivity index (χ0) is 25.8. The van der Waals surface area contributed by atoms with Gasteiger partial charge in [-0.1, -0.05) is 27.7 Å². The molecule has 36 heavy (non-hydrogen) atoms. The van der Waals surface area contributed by atoms with Gasteiger partial charge in [-0.2, -0.15) is 0 Å². The highest BCUT2D eigenvalue weighted by molar-refractivity contribution is 5.17. The van der Waals surface area contributed by atoms with Gasteiger partial charge >= 0.3 is 0 Å². The summed E-state index contributed by atoms with van der Waals surface area (Å²) in [5, 5.41) is 11.8. The Morgan fingerprint density at radius 3 is 2.42 bits per heavy atom. The van der Waals surface area contributed by atoms with Crippen molar-refractivity contribution in [1.82, 2.24) is 9.80 Å². The Morgan fingerprint density at radius 2 is 1.72 bits per heavy atom. The van der Waals surface area contributed by atoms with Gasteiger partial charge in [0.15, 0.2) is 5.79 Å². The highest BCUT2D eigenvalue weighted by Gasteiger charge is 2.69. The van der Waals surface area contributed by atoms with E-state index in [0.29, 0.717) is 58.9 Å². The SMILES string of the molecule is CO[C@]12C[C@@H](C)CN(C)[C@@H]1[C@@H](C)[C@H]1[C@@H](C[C@H]3[C@@H]4[C@@H](O)C[C@H]5C[C@@H](N(C)C)CC[C@]5(C)[C@H]4CC[C@]13C)O2. The van der Waals surface area contributed by atoms with Gasteiger partial charge in [-0.3, -0.25) is 4.90 Å². The van der Waals surface area contributed by atoms with Gasteiger partial charge in [0.2, 0.25) is 0 Å². The average molecular weight is 503 g/mol. The van der Waals surface area contributed by atoms with Crippen LogP contribution in [0.3, 0.4) is 0 Å². The predicted octanol–water partition coefficient (Wildman–Crippen LogP) is 4.87. The van der Waals surface area contributed by atoms with Crippen LogP contribution < -0.4 is 0 Å². The number of aliphatic hydroxyl groups is 1. The number of rotatable bonds is 2. The molecule has 0 unspecified atom stereocenters. The highest BCUT2D eigenvalue weighted by Crippen LogP contribution is 2.70. The Morgan fingerprint density at radius 1 is 1.00 bits per heavy atom. The van der Waals surface area contributed by atoms with Crippen LogP contribution in [0.2, 0.25) is 0 Å². The molecule has 2 saturated heterocycles. The van der Waals surface area contributed by atoms with Gasteiger partial charge in [0.25, 0.3) is 0 Å². The molecule has 6 aliphatic rings. The number of hydrogen-bond acceptors (Lipinski definition) is 5. The highest BCUT2D eigenvalue weighted by atomic mass is 16.7. The molecule has 0 radical (unpaired) electrons. The van der Waals surface area contributed by atoms with Crippen molar-refractivity contribution in [1.29, 1.82) is 0 Å². The number of fused-ring (bicyclic) bond motifs is 8. The summed E-state index contributed by atoms with van der Waals surface area (Å²) in [6, 6.07) is 0.991. The molecule has 0 amide bonds. The van der Waals surface area contributed by atoms with Gasteiger partial charge in [-0.25, -0.2) is 0 Å². The minimum Gasteiger partial charge on any atom is -0.393 e. The van der Waals surface area contributed by atoms with E-state index in [0.717, 1.165) is 25.8 Å². The summed E-state index contributed by atoms with van der Waals surface area (Å²) in [7, 11) is 8.65. The van der Waals surface area contributed by atoms with Gasteiger partial charge in [0, 0.05) is 26.1 Å². The minimum absolute atomic E-state index is 0.157. The Labute approximate surface area is 220 Å². The van der Waals surface area contributed by atoms with Crippen molar-refractivity contribution < 1.29 is 14.6 Å². The molecule has 2 aliphatic heterocycles. The fraction of sp³-hybridized carbons (Fsp3) is 1.00. The second-order valence-corrected chi connectivity index (χ2v) is 15.2. The van der Waals surface area contributed by atoms with Crippen LogP contribution in [-0.4, -0.2) is 79.8 Å². The first-order valence-electron chi connectivity index (χ1n) is 15.2. The van der Waals surface area contributed by atoms with Gasteiger partial charge in [0.05, 0.1) is 18.2 Å². The lowest BCUT2D eigenvalue weighted by atomic mass is 9.43. The molecular weight excluding hydrogens is 448 g/mol. The third kappa shape index (κ3) is 3.44. The van der Waals surface area contributed by atoms with Crippen molar-refractivity contribution in [2.75, 3.05) is 34.8 Å². The van der Waals surface area contributed by atoms with Crippen molar-refractivity contribution in [2.24, 2.45) is 52.3 Å². The zero-order valence-corrected chi connectivity index (χ0v) is 24.4. The van der Waals surface area contributed by atoms with E-state index in [1.807, 2.05) is 7.11 Å². The zero-order valence-electron chi connectivity index (χ0n) is 24.4. The van der Waals surface area contributed by atoms with Crippen LogP contribution in [0.15, 0.2) is 0 Å². The molecule has 0 bridgehead atoms. The topological polar surface area (TPSA) is 45.2 Å². The lowest BCUT2D eigenvalue weighted by molar-refractivity contribution is -0.340. The minimum atomic E-state index is -0.483. The second-order valence-electron chi connectivity index (χ2n) is 15.2. The standard InChI is InChI=1S/C31H54N2O3/c1-18-16-31(35-8)28(33(7)17-18)19(2)27-25(36-31)15-23-26-22(10-12-30(23,27)4)29(3)11-9-21(32(5)6)13-20(29)14-24(26)34/h18-28,34H,9-17H2,1-8H3/t18-,19+,20-,21+,22+,23+,24+,25-,26-,27+,28-,29+,30+,31+/m1/s1. The van der Waals surface area contributed by atoms with Crippen molar-refractivity contribution in [2.45, 2.75) is 109 Å². The smallest absolute Gasteiger partial charge is 0.184 e. The first kappa shape index (κ1) is 26.0. The number of hydrogen-bond donors (Lipinski definition) is 1.